The van der Waals surface area contributed by atoms with Gasteiger partial charge in [0.1, 0.15) is 5.82 Å². The van der Waals surface area contributed by atoms with Gasteiger partial charge in [-0.3, -0.25) is 0 Å². The molecule has 2 aliphatic rings. The van der Waals surface area contributed by atoms with E-state index in [1.54, 1.807) is 0 Å². The fraction of sp³-hybridized carbons (Fsp3) is 0.522. The molecule has 1 aromatic carbocycles. The maximum Gasteiger partial charge on any atom is 0.321 e. The van der Waals surface area contributed by atoms with Crippen LogP contribution in [0.1, 0.15) is 37.4 Å². The Morgan fingerprint density at radius 3 is 2.43 bits per heavy atom. The van der Waals surface area contributed by atoms with Crippen LogP contribution in [0.4, 0.5) is 22.2 Å². The van der Waals surface area contributed by atoms with Crippen molar-refractivity contribution in [2.75, 3.05) is 54.4 Å². The normalized spacial score (nSPS) is 17.2. The molecule has 4 rings (SSSR count). The van der Waals surface area contributed by atoms with E-state index < -0.39 is 0 Å². The zero-order chi connectivity index (χ0) is 20.9. The van der Waals surface area contributed by atoms with Gasteiger partial charge in [-0.15, -0.1) is 0 Å². The second kappa shape index (κ2) is 9.32. The molecule has 0 unspecified atom stereocenters. The first-order chi connectivity index (χ1) is 14.6. The molecule has 2 aliphatic heterocycles. The molecule has 2 fully saturated rings. The lowest BCUT2D eigenvalue weighted by molar-refractivity contribution is 0.208. The monoisotopic (exact) mass is 408 g/mol. The van der Waals surface area contributed by atoms with Crippen molar-refractivity contribution >= 4 is 23.5 Å². The Kier molecular flexibility index (Phi) is 6.35. The van der Waals surface area contributed by atoms with Crippen molar-refractivity contribution in [1.29, 1.82) is 0 Å². The van der Waals surface area contributed by atoms with Crippen LogP contribution in [0, 0.1) is 6.92 Å². The van der Waals surface area contributed by atoms with E-state index in [1.807, 2.05) is 30.0 Å². The summed E-state index contributed by atoms with van der Waals surface area (Å²) < 4.78 is 0. The molecule has 3 heterocycles. The van der Waals surface area contributed by atoms with E-state index in [0.717, 1.165) is 61.3 Å². The number of aryl methyl sites for hydroxylation is 2. The Balaban J connectivity index is 1.38. The minimum Gasteiger partial charge on any atom is -0.356 e. The number of piperidine rings is 1. The van der Waals surface area contributed by atoms with Gasteiger partial charge in [0.15, 0.2) is 0 Å². The van der Waals surface area contributed by atoms with E-state index in [2.05, 4.69) is 39.2 Å². The third kappa shape index (κ3) is 4.66. The predicted octanol–water partition coefficient (Wildman–Crippen LogP) is 3.69. The smallest absolute Gasteiger partial charge is 0.321 e. The quantitative estimate of drug-likeness (QED) is 0.836. The van der Waals surface area contributed by atoms with Crippen LogP contribution in [-0.4, -0.2) is 60.2 Å². The number of hydrogen-bond donors (Lipinski definition) is 1. The first kappa shape index (κ1) is 20.4. The number of aromatic nitrogens is 2. The summed E-state index contributed by atoms with van der Waals surface area (Å²) in [7, 11) is 0. The van der Waals surface area contributed by atoms with Gasteiger partial charge >= 0.3 is 6.03 Å². The number of rotatable bonds is 4. The summed E-state index contributed by atoms with van der Waals surface area (Å²) in [6.07, 6.45) is 4.66. The number of para-hydroxylation sites is 1. The van der Waals surface area contributed by atoms with Crippen LogP contribution in [0.2, 0.25) is 0 Å². The van der Waals surface area contributed by atoms with E-state index in [-0.39, 0.29) is 6.03 Å². The Labute approximate surface area is 179 Å². The van der Waals surface area contributed by atoms with Crippen LogP contribution < -0.4 is 15.1 Å². The Hall–Kier alpha value is -2.83. The average molecular weight is 409 g/mol. The molecular formula is C23H32N6O. The molecular weight excluding hydrogens is 376 g/mol. The summed E-state index contributed by atoms with van der Waals surface area (Å²) in [6.45, 7) is 9.09. The molecule has 160 valence electrons. The third-order valence-electron chi connectivity index (χ3n) is 6.00. The van der Waals surface area contributed by atoms with Crippen LogP contribution in [0.5, 0.6) is 0 Å². The Bertz CT molecular complexity index is 872. The second-order valence-corrected chi connectivity index (χ2v) is 8.13. The van der Waals surface area contributed by atoms with Crippen molar-refractivity contribution in [2.24, 2.45) is 0 Å². The highest BCUT2D eigenvalue weighted by Crippen LogP contribution is 2.22. The number of carbonyl (C=O) groups is 1. The number of nitrogens with zero attached hydrogens (tertiary/aromatic N) is 5. The molecule has 0 spiro atoms. The van der Waals surface area contributed by atoms with Crippen molar-refractivity contribution in [1.82, 2.24) is 14.9 Å². The molecule has 1 N–H and O–H groups in total. The van der Waals surface area contributed by atoms with Crippen molar-refractivity contribution in [2.45, 2.75) is 39.5 Å². The first-order valence-electron chi connectivity index (χ1n) is 11.1. The van der Waals surface area contributed by atoms with E-state index >= 15 is 0 Å². The summed E-state index contributed by atoms with van der Waals surface area (Å²) >= 11 is 0. The van der Waals surface area contributed by atoms with E-state index in [0.29, 0.717) is 13.1 Å². The highest BCUT2D eigenvalue weighted by molar-refractivity contribution is 5.90. The van der Waals surface area contributed by atoms with Gasteiger partial charge < -0.3 is 20.0 Å². The average Bonchev–Trinajstić information content (AvgIpc) is 2.79. The molecule has 0 atom stereocenters. The minimum absolute atomic E-state index is 0.0327. The third-order valence-corrected chi connectivity index (χ3v) is 6.00. The fourth-order valence-electron chi connectivity index (χ4n) is 4.22. The van der Waals surface area contributed by atoms with Crippen molar-refractivity contribution < 1.29 is 4.79 Å². The number of piperazine rings is 1. The van der Waals surface area contributed by atoms with E-state index in [4.69, 9.17) is 4.98 Å². The number of benzene rings is 1. The zero-order valence-corrected chi connectivity index (χ0v) is 18.1. The lowest BCUT2D eigenvalue weighted by atomic mass is 10.1. The zero-order valence-electron chi connectivity index (χ0n) is 18.1. The molecule has 7 nitrogen and oxygen atoms in total. The Morgan fingerprint density at radius 2 is 1.70 bits per heavy atom. The van der Waals surface area contributed by atoms with Gasteiger partial charge in [0.25, 0.3) is 0 Å². The number of hydrogen-bond acceptors (Lipinski definition) is 5. The molecule has 7 heteroatoms. The highest BCUT2D eigenvalue weighted by atomic mass is 16.2. The highest BCUT2D eigenvalue weighted by Gasteiger charge is 2.24. The number of anilines is 3. The minimum atomic E-state index is -0.0327. The first-order valence-corrected chi connectivity index (χ1v) is 11.1. The molecule has 2 aromatic rings. The maximum atomic E-state index is 12.8. The number of nitrogens with one attached hydrogen (secondary N) is 1. The molecule has 2 amide bonds. The van der Waals surface area contributed by atoms with Crippen molar-refractivity contribution in [3.8, 4) is 0 Å². The maximum absolute atomic E-state index is 12.8. The lowest BCUT2D eigenvalue weighted by Gasteiger charge is -2.35. The van der Waals surface area contributed by atoms with Gasteiger partial charge in [0.2, 0.25) is 5.95 Å². The van der Waals surface area contributed by atoms with Gasteiger partial charge in [-0.05, 0) is 44.2 Å². The largest absolute Gasteiger partial charge is 0.356 e. The summed E-state index contributed by atoms with van der Waals surface area (Å²) in [6, 6.07) is 10.0. The topological polar surface area (TPSA) is 64.6 Å². The van der Waals surface area contributed by atoms with E-state index in [9.17, 15) is 4.79 Å². The van der Waals surface area contributed by atoms with Gasteiger partial charge in [0, 0.05) is 56.7 Å². The number of carbonyl (C=O) groups excluding carboxylic acids is 1. The summed E-state index contributed by atoms with van der Waals surface area (Å²) in [5.41, 5.74) is 3.06. The number of urea groups is 1. The van der Waals surface area contributed by atoms with Crippen LogP contribution in [0.3, 0.4) is 0 Å². The molecule has 2 saturated heterocycles. The van der Waals surface area contributed by atoms with Gasteiger partial charge in [-0.1, -0.05) is 25.1 Å². The van der Waals surface area contributed by atoms with Gasteiger partial charge in [-0.2, -0.15) is 4.98 Å². The summed E-state index contributed by atoms with van der Waals surface area (Å²) in [4.78, 5) is 28.7. The standard InChI is InChI=1S/C23H32N6O/c1-3-19-9-5-6-10-20(19)25-23(30)29-15-13-28(14-16-29)22-24-18(2)17-21(26-22)27-11-7-4-8-12-27/h5-6,9-10,17H,3-4,7-8,11-16H2,1-2H3,(H,25,30). The van der Waals surface area contributed by atoms with Crippen LogP contribution in [-0.2, 0) is 6.42 Å². The fourth-order valence-corrected chi connectivity index (χ4v) is 4.22. The molecule has 0 saturated carbocycles. The molecule has 30 heavy (non-hydrogen) atoms. The van der Waals surface area contributed by atoms with Crippen molar-refractivity contribution in [3.63, 3.8) is 0 Å². The predicted molar refractivity (Wildman–Crippen MR) is 121 cm³/mol. The molecule has 0 aliphatic carbocycles. The second-order valence-electron chi connectivity index (χ2n) is 8.13. The molecule has 1 aromatic heterocycles. The van der Waals surface area contributed by atoms with Crippen LogP contribution in [0.15, 0.2) is 30.3 Å². The molecule has 0 bridgehead atoms. The van der Waals surface area contributed by atoms with Crippen molar-refractivity contribution in [3.05, 3.63) is 41.6 Å². The molecule has 0 radical (unpaired) electrons. The Morgan fingerprint density at radius 1 is 0.967 bits per heavy atom. The summed E-state index contributed by atoms with van der Waals surface area (Å²) in [5, 5.41) is 3.08. The lowest BCUT2D eigenvalue weighted by Crippen LogP contribution is -2.50. The van der Waals surface area contributed by atoms with E-state index in [1.165, 1.54) is 19.3 Å². The number of amides is 2. The van der Waals surface area contributed by atoms with Crippen LogP contribution in [0.25, 0.3) is 0 Å². The van der Waals surface area contributed by atoms with Gasteiger partial charge in [0.05, 0.1) is 0 Å². The van der Waals surface area contributed by atoms with Crippen LogP contribution >= 0.6 is 0 Å². The van der Waals surface area contributed by atoms with Gasteiger partial charge in [-0.25, -0.2) is 9.78 Å². The SMILES string of the molecule is CCc1ccccc1NC(=O)N1CCN(c2nc(C)cc(N3CCCCC3)n2)CC1. The summed E-state index contributed by atoms with van der Waals surface area (Å²) in [5.74, 6) is 1.82.